The Balaban J connectivity index is 1.57. The van der Waals surface area contributed by atoms with Gasteiger partial charge in [-0.1, -0.05) is 30.3 Å². The summed E-state index contributed by atoms with van der Waals surface area (Å²) in [5.41, 5.74) is 9.23. The van der Waals surface area contributed by atoms with Gasteiger partial charge in [0.1, 0.15) is 28.6 Å². The molecule has 4 rings (SSSR count). The number of nitrogens with zero attached hydrogens (tertiary/aromatic N) is 5. The fourth-order valence-corrected chi connectivity index (χ4v) is 4.19. The number of H-pyrrole nitrogens is 1. The van der Waals surface area contributed by atoms with E-state index in [-0.39, 0.29) is 5.82 Å². The second kappa shape index (κ2) is 7.66. The summed E-state index contributed by atoms with van der Waals surface area (Å²) in [5, 5.41) is 19.2. The molecule has 1 aromatic carbocycles. The van der Waals surface area contributed by atoms with Crippen molar-refractivity contribution in [2.75, 3.05) is 24.2 Å². The third-order valence-corrected chi connectivity index (χ3v) is 5.58. The van der Waals surface area contributed by atoms with Crippen molar-refractivity contribution in [1.82, 2.24) is 20.2 Å². The molecule has 0 atom stereocenters. The Morgan fingerprint density at radius 2 is 2.07 bits per heavy atom. The predicted octanol–water partition coefficient (Wildman–Crippen LogP) is 3.60. The number of nitriles is 1. The van der Waals surface area contributed by atoms with Gasteiger partial charge in [0.25, 0.3) is 0 Å². The molecule has 0 spiro atoms. The number of nitrogens with one attached hydrogen (secondary N) is 1. The monoisotopic (exact) mass is 389 g/mol. The normalized spacial score (nSPS) is 10.9. The number of thiophene rings is 1. The zero-order valence-electron chi connectivity index (χ0n) is 15.4. The zero-order valence-corrected chi connectivity index (χ0v) is 16.2. The van der Waals surface area contributed by atoms with Crippen molar-refractivity contribution in [3.05, 3.63) is 53.3 Å². The summed E-state index contributed by atoms with van der Waals surface area (Å²) in [7, 11) is 2.03. The summed E-state index contributed by atoms with van der Waals surface area (Å²) < 4.78 is 0. The van der Waals surface area contributed by atoms with Crippen LogP contribution in [0.15, 0.2) is 42.0 Å². The topological polar surface area (TPSA) is 108 Å². The minimum absolute atomic E-state index is 0.258. The molecule has 0 unspecified atom stereocenters. The molecule has 8 heteroatoms. The Labute approximate surface area is 166 Å². The summed E-state index contributed by atoms with van der Waals surface area (Å²) in [6.45, 7) is 0.778. The Hall–Kier alpha value is -3.44. The van der Waals surface area contributed by atoms with E-state index in [4.69, 9.17) is 5.73 Å². The largest absolute Gasteiger partial charge is 0.381 e. The first-order chi connectivity index (χ1) is 13.7. The summed E-state index contributed by atoms with van der Waals surface area (Å²) >= 11 is 1.63. The van der Waals surface area contributed by atoms with Crippen molar-refractivity contribution in [1.29, 1.82) is 5.26 Å². The van der Waals surface area contributed by atoms with Gasteiger partial charge in [0.05, 0.1) is 11.1 Å². The van der Waals surface area contributed by atoms with Gasteiger partial charge in [0, 0.05) is 24.5 Å². The number of benzene rings is 1. The van der Waals surface area contributed by atoms with Crippen molar-refractivity contribution < 1.29 is 0 Å². The smallest absolute Gasteiger partial charge is 0.163 e. The van der Waals surface area contributed by atoms with Crippen LogP contribution in [0.3, 0.4) is 0 Å². The number of rotatable bonds is 6. The summed E-state index contributed by atoms with van der Waals surface area (Å²) in [6.07, 6.45) is 3.15. The molecule has 3 N–H and O–H groups in total. The van der Waals surface area contributed by atoms with Gasteiger partial charge in [-0.05, 0) is 18.4 Å². The first-order valence-electron chi connectivity index (χ1n) is 8.90. The van der Waals surface area contributed by atoms with Crippen LogP contribution >= 0.6 is 11.3 Å². The number of nitrogen functional groups attached to an aromatic ring is 1. The summed E-state index contributed by atoms with van der Waals surface area (Å²) in [4.78, 5) is 12.1. The van der Waals surface area contributed by atoms with E-state index in [1.54, 1.807) is 17.7 Å². The highest BCUT2D eigenvalue weighted by molar-refractivity contribution is 7.17. The minimum Gasteiger partial charge on any atom is -0.381 e. The molecule has 0 aliphatic heterocycles. The van der Waals surface area contributed by atoms with Gasteiger partial charge in [0.2, 0.25) is 0 Å². The fourth-order valence-electron chi connectivity index (χ4n) is 3.28. The second-order valence-electron chi connectivity index (χ2n) is 6.49. The van der Waals surface area contributed by atoms with E-state index in [1.165, 1.54) is 0 Å². The second-order valence-corrected chi connectivity index (χ2v) is 7.35. The van der Waals surface area contributed by atoms with Crippen molar-refractivity contribution in [3.63, 3.8) is 0 Å². The lowest BCUT2D eigenvalue weighted by molar-refractivity contribution is 0.761. The van der Waals surface area contributed by atoms with Crippen LogP contribution in [0.2, 0.25) is 0 Å². The van der Waals surface area contributed by atoms with Crippen LogP contribution in [0.4, 0.5) is 11.6 Å². The molecular formula is C20H19N7S. The third-order valence-electron chi connectivity index (χ3n) is 4.70. The molecule has 0 aliphatic carbocycles. The van der Waals surface area contributed by atoms with Gasteiger partial charge in [-0.15, -0.1) is 11.3 Å². The molecule has 140 valence electrons. The number of aromatic nitrogens is 4. The Morgan fingerprint density at radius 1 is 1.25 bits per heavy atom. The van der Waals surface area contributed by atoms with E-state index in [0.29, 0.717) is 12.0 Å². The van der Waals surface area contributed by atoms with E-state index < -0.39 is 0 Å². The maximum absolute atomic E-state index is 9.19. The maximum Gasteiger partial charge on any atom is 0.163 e. The molecule has 0 saturated carbocycles. The highest BCUT2D eigenvalue weighted by atomic mass is 32.1. The fraction of sp³-hybridized carbons (Fsp3) is 0.200. The molecule has 3 aromatic heterocycles. The van der Waals surface area contributed by atoms with Crippen molar-refractivity contribution in [3.8, 4) is 17.2 Å². The number of nitrogens with two attached hydrogens (primary N) is 1. The van der Waals surface area contributed by atoms with Crippen LogP contribution in [-0.2, 0) is 6.42 Å². The molecule has 28 heavy (non-hydrogen) atoms. The van der Waals surface area contributed by atoms with Crippen LogP contribution in [0.5, 0.6) is 0 Å². The number of anilines is 2. The summed E-state index contributed by atoms with van der Waals surface area (Å²) in [6, 6.07) is 12.4. The number of aryl methyl sites for hydroxylation is 1. The maximum atomic E-state index is 9.19. The number of hydrogen-bond acceptors (Lipinski definition) is 7. The van der Waals surface area contributed by atoms with Gasteiger partial charge < -0.3 is 10.6 Å². The van der Waals surface area contributed by atoms with E-state index in [2.05, 4.69) is 48.6 Å². The van der Waals surface area contributed by atoms with Crippen LogP contribution in [0, 0.1) is 11.3 Å². The molecule has 4 aromatic rings. The quantitative estimate of drug-likeness (QED) is 0.522. The van der Waals surface area contributed by atoms with Crippen LogP contribution < -0.4 is 10.6 Å². The average Bonchev–Trinajstić information content (AvgIpc) is 3.31. The molecular weight excluding hydrogens is 370 g/mol. The van der Waals surface area contributed by atoms with Crippen molar-refractivity contribution in [2.24, 2.45) is 0 Å². The van der Waals surface area contributed by atoms with Crippen LogP contribution in [0.1, 0.15) is 17.7 Å². The zero-order chi connectivity index (χ0) is 19.5. The van der Waals surface area contributed by atoms with E-state index in [1.807, 2.05) is 25.2 Å². The van der Waals surface area contributed by atoms with Gasteiger partial charge in [-0.25, -0.2) is 9.97 Å². The Kier molecular flexibility index (Phi) is 4.91. The lowest BCUT2D eigenvalue weighted by atomic mass is 10.1. The first-order valence-corrected chi connectivity index (χ1v) is 9.78. The lowest BCUT2D eigenvalue weighted by Gasteiger charge is -2.19. The Morgan fingerprint density at radius 3 is 2.86 bits per heavy atom. The number of fused-ring (bicyclic) bond motifs is 1. The molecule has 0 fully saturated rings. The van der Waals surface area contributed by atoms with Gasteiger partial charge in [-0.3, -0.25) is 5.10 Å². The van der Waals surface area contributed by atoms with Crippen LogP contribution in [-0.4, -0.2) is 33.8 Å². The molecule has 0 radical (unpaired) electrons. The minimum atomic E-state index is 0.258. The van der Waals surface area contributed by atoms with Gasteiger partial charge in [0.15, 0.2) is 5.82 Å². The van der Waals surface area contributed by atoms with Crippen molar-refractivity contribution in [2.45, 2.75) is 12.8 Å². The number of aromatic amines is 1. The van der Waals surface area contributed by atoms with Gasteiger partial charge >= 0.3 is 0 Å². The number of hydrogen-bond donors (Lipinski definition) is 2. The van der Waals surface area contributed by atoms with Crippen LogP contribution in [0.25, 0.3) is 21.3 Å². The predicted molar refractivity (Wildman–Crippen MR) is 112 cm³/mol. The molecule has 0 aliphatic rings. The lowest BCUT2D eigenvalue weighted by Crippen LogP contribution is -2.20. The van der Waals surface area contributed by atoms with E-state index >= 15 is 0 Å². The highest BCUT2D eigenvalue weighted by Crippen LogP contribution is 2.37. The first kappa shape index (κ1) is 17.9. The third kappa shape index (κ3) is 3.28. The molecule has 0 bridgehead atoms. The Bertz CT molecular complexity index is 1140. The average molecular weight is 389 g/mol. The molecule has 0 saturated heterocycles. The summed E-state index contributed by atoms with van der Waals surface area (Å²) in [5.74, 6) is 1.17. The molecule has 3 heterocycles. The standard InChI is InChI=1S/C20H19N7S/c1-27(9-5-8-16-14(10-21)18(22)26-25-16)19-17-15(13-6-3-2-4-7-13)11-28-20(17)24-12-23-19/h2-4,6-7,11-12H,5,8-9H2,1H3,(H3,22,25,26). The SMILES string of the molecule is CN(CCCc1[nH]nc(N)c1C#N)c1ncnc2scc(-c3ccccc3)c12. The van der Waals surface area contributed by atoms with E-state index in [0.717, 1.165) is 45.8 Å². The van der Waals surface area contributed by atoms with Gasteiger partial charge in [-0.2, -0.15) is 10.4 Å². The molecule has 7 nitrogen and oxygen atoms in total. The molecule has 0 amide bonds. The highest BCUT2D eigenvalue weighted by Gasteiger charge is 2.16. The van der Waals surface area contributed by atoms with Crippen molar-refractivity contribution >= 4 is 33.2 Å². The van der Waals surface area contributed by atoms with E-state index in [9.17, 15) is 5.26 Å².